The van der Waals surface area contributed by atoms with Crippen molar-refractivity contribution in [3.05, 3.63) is 58.3 Å². The van der Waals surface area contributed by atoms with E-state index in [4.69, 9.17) is 0 Å². The van der Waals surface area contributed by atoms with Crippen molar-refractivity contribution in [3.8, 4) is 0 Å². The van der Waals surface area contributed by atoms with Gasteiger partial charge in [-0.1, -0.05) is 30.3 Å². The first-order valence-corrected chi connectivity index (χ1v) is 7.58. The molecule has 1 aromatic carbocycles. The molecule has 2 heterocycles. The molecule has 0 aliphatic carbocycles. The largest absolute Gasteiger partial charge is 0.348 e. The van der Waals surface area contributed by atoms with Crippen molar-refractivity contribution in [3.63, 3.8) is 0 Å². The molecular formula is C16H20N4O2. The van der Waals surface area contributed by atoms with Crippen molar-refractivity contribution in [1.29, 1.82) is 0 Å². The molecule has 0 atom stereocenters. The molecule has 2 aromatic rings. The number of nitrogens with zero attached hydrogens (tertiary/aromatic N) is 1. The topological polar surface area (TPSA) is 78.9 Å². The molecular weight excluding hydrogens is 280 g/mol. The highest BCUT2D eigenvalue weighted by Crippen LogP contribution is 2.06. The summed E-state index contributed by atoms with van der Waals surface area (Å²) in [4.78, 5) is 27.0. The Kier molecular flexibility index (Phi) is 4.39. The van der Waals surface area contributed by atoms with E-state index in [1.54, 1.807) is 0 Å². The quantitative estimate of drug-likeness (QED) is 0.778. The van der Waals surface area contributed by atoms with Gasteiger partial charge in [0.2, 0.25) is 0 Å². The van der Waals surface area contributed by atoms with Crippen molar-refractivity contribution in [2.45, 2.75) is 25.4 Å². The predicted octanol–water partition coefficient (Wildman–Crippen LogP) is 0.707. The molecule has 1 saturated heterocycles. The van der Waals surface area contributed by atoms with Gasteiger partial charge in [0.15, 0.2) is 0 Å². The van der Waals surface area contributed by atoms with Gasteiger partial charge in [0.25, 0.3) is 5.91 Å². The van der Waals surface area contributed by atoms with E-state index in [-0.39, 0.29) is 17.6 Å². The Morgan fingerprint density at radius 2 is 1.95 bits per heavy atom. The molecule has 0 bridgehead atoms. The van der Waals surface area contributed by atoms with Crippen LogP contribution in [0, 0.1) is 0 Å². The Morgan fingerprint density at radius 3 is 2.68 bits per heavy atom. The summed E-state index contributed by atoms with van der Waals surface area (Å²) in [6, 6.07) is 9.81. The number of imidazole rings is 1. The molecule has 0 radical (unpaired) electrons. The minimum absolute atomic E-state index is 0.170. The van der Waals surface area contributed by atoms with Crippen molar-refractivity contribution >= 4 is 5.91 Å². The Morgan fingerprint density at radius 1 is 1.23 bits per heavy atom. The third kappa shape index (κ3) is 3.28. The Bertz CT molecular complexity index is 684. The summed E-state index contributed by atoms with van der Waals surface area (Å²) in [6.45, 7) is 2.21. The summed E-state index contributed by atoms with van der Waals surface area (Å²) in [5.41, 5.74) is 1.10. The number of amides is 1. The SMILES string of the molecule is O=C(NC1CCNCC1)c1c[nH]c(=O)n1Cc1ccccc1. The molecule has 3 N–H and O–H groups in total. The summed E-state index contributed by atoms with van der Waals surface area (Å²) in [7, 11) is 0. The maximum absolute atomic E-state index is 12.4. The third-order valence-electron chi connectivity index (χ3n) is 3.96. The second kappa shape index (κ2) is 6.62. The number of benzene rings is 1. The normalized spacial score (nSPS) is 15.6. The highest BCUT2D eigenvalue weighted by atomic mass is 16.2. The smallest absolute Gasteiger partial charge is 0.326 e. The summed E-state index contributed by atoms with van der Waals surface area (Å²) in [5, 5.41) is 6.28. The lowest BCUT2D eigenvalue weighted by Crippen LogP contribution is -2.43. The molecule has 0 spiro atoms. The maximum Gasteiger partial charge on any atom is 0.326 e. The van der Waals surface area contributed by atoms with Gasteiger partial charge >= 0.3 is 5.69 Å². The van der Waals surface area contributed by atoms with Crippen LogP contribution in [0.5, 0.6) is 0 Å². The molecule has 1 aliphatic rings. The molecule has 0 saturated carbocycles. The van der Waals surface area contributed by atoms with Crippen LogP contribution in [0.3, 0.4) is 0 Å². The number of nitrogens with one attached hydrogen (secondary N) is 3. The average molecular weight is 300 g/mol. The fourth-order valence-electron chi connectivity index (χ4n) is 2.73. The molecule has 3 rings (SSSR count). The van der Waals surface area contributed by atoms with Gasteiger partial charge in [-0.2, -0.15) is 0 Å². The van der Waals surface area contributed by atoms with E-state index in [1.165, 1.54) is 10.8 Å². The van der Waals surface area contributed by atoms with Gasteiger partial charge in [-0.25, -0.2) is 4.79 Å². The van der Waals surface area contributed by atoms with Crippen molar-refractivity contribution in [1.82, 2.24) is 20.2 Å². The van der Waals surface area contributed by atoms with E-state index in [0.29, 0.717) is 12.2 Å². The second-order valence-corrected chi connectivity index (χ2v) is 5.55. The van der Waals surface area contributed by atoms with Gasteiger partial charge in [-0.15, -0.1) is 0 Å². The van der Waals surface area contributed by atoms with Gasteiger partial charge in [0.05, 0.1) is 6.54 Å². The van der Waals surface area contributed by atoms with E-state index >= 15 is 0 Å². The number of aromatic amines is 1. The molecule has 0 unspecified atom stereocenters. The lowest BCUT2D eigenvalue weighted by molar-refractivity contribution is 0.0920. The van der Waals surface area contributed by atoms with Crippen LogP contribution in [-0.2, 0) is 6.54 Å². The highest BCUT2D eigenvalue weighted by Gasteiger charge is 2.19. The fraction of sp³-hybridized carbons (Fsp3) is 0.375. The summed E-state index contributed by atoms with van der Waals surface area (Å²) < 4.78 is 1.48. The van der Waals surface area contributed by atoms with Crippen molar-refractivity contribution in [2.24, 2.45) is 0 Å². The van der Waals surface area contributed by atoms with E-state index < -0.39 is 0 Å². The van der Waals surface area contributed by atoms with Crippen LogP contribution in [0.1, 0.15) is 28.9 Å². The number of hydrogen-bond acceptors (Lipinski definition) is 3. The van der Waals surface area contributed by atoms with Crippen LogP contribution < -0.4 is 16.3 Å². The van der Waals surface area contributed by atoms with Crippen LogP contribution in [0.25, 0.3) is 0 Å². The number of carbonyl (C=O) groups is 1. The molecule has 6 nitrogen and oxygen atoms in total. The van der Waals surface area contributed by atoms with Crippen molar-refractivity contribution < 1.29 is 4.79 Å². The van der Waals surface area contributed by atoms with Crippen LogP contribution in [-0.4, -0.2) is 34.6 Å². The second-order valence-electron chi connectivity index (χ2n) is 5.55. The van der Waals surface area contributed by atoms with E-state index in [9.17, 15) is 9.59 Å². The van der Waals surface area contributed by atoms with E-state index in [1.807, 2.05) is 30.3 Å². The average Bonchev–Trinajstić information content (AvgIpc) is 2.90. The number of aromatic nitrogens is 2. The number of hydrogen-bond donors (Lipinski definition) is 3. The molecule has 1 fully saturated rings. The summed E-state index contributed by atoms with van der Waals surface area (Å²) >= 11 is 0. The van der Waals surface area contributed by atoms with Crippen LogP contribution in [0.15, 0.2) is 41.3 Å². The van der Waals surface area contributed by atoms with Gasteiger partial charge in [0, 0.05) is 12.2 Å². The maximum atomic E-state index is 12.4. The zero-order valence-electron chi connectivity index (χ0n) is 12.3. The Hall–Kier alpha value is -2.34. The van der Waals surface area contributed by atoms with Crippen molar-refractivity contribution in [2.75, 3.05) is 13.1 Å². The van der Waals surface area contributed by atoms with Gasteiger partial charge < -0.3 is 15.6 Å². The van der Waals surface area contributed by atoms with Crippen LogP contribution >= 0.6 is 0 Å². The zero-order valence-corrected chi connectivity index (χ0v) is 12.3. The van der Waals surface area contributed by atoms with Crippen LogP contribution in [0.2, 0.25) is 0 Å². The first-order valence-electron chi connectivity index (χ1n) is 7.58. The fourth-order valence-corrected chi connectivity index (χ4v) is 2.73. The zero-order chi connectivity index (χ0) is 15.4. The predicted molar refractivity (Wildman–Crippen MR) is 84.0 cm³/mol. The lowest BCUT2D eigenvalue weighted by atomic mass is 10.1. The van der Waals surface area contributed by atoms with Gasteiger partial charge in [-0.3, -0.25) is 9.36 Å². The standard InChI is InChI=1S/C16H20N4O2/c21-15(19-13-6-8-17-9-7-13)14-10-18-16(22)20(14)11-12-4-2-1-3-5-12/h1-5,10,13,17H,6-9,11H2,(H,18,22)(H,19,21). The van der Waals surface area contributed by atoms with E-state index in [0.717, 1.165) is 31.5 Å². The molecule has 1 amide bonds. The molecule has 1 aliphatic heterocycles. The number of rotatable bonds is 4. The minimum atomic E-state index is -0.265. The minimum Gasteiger partial charge on any atom is -0.348 e. The number of piperidine rings is 1. The molecule has 1 aromatic heterocycles. The van der Waals surface area contributed by atoms with E-state index in [2.05, 4.69) is 15.6 Å². The first-order chi connectivity index (χ1) is 10.7. The summed E-state index contributed by atoms with van der Waals surface area (Å²) in [6.07, 6.45) is 3.32. The molecule has 22 heavy (non-hydrogen) atoms. The monoisotopic (exact) mass is 300 g/mol. The lowest BCUT2D eigenvalue weighted by Gasteiger charge is -2.23. The highest BCUT2D eigenvalue weighted by molar-refractivity contribution is 5.92. The Balaban J connectivity index is 1.76. The third-order valence-corrected chi connectivity index (χ3v) is 3.96. The summed E-state index contributed by atoms with van der Waals surface area (Å²) in [5.74, 6) is -0.193. The first kappa shape index (κ1) is 14.6. The molecule has 6 heteroatoms. The van der Waals surface area contributed by atoms with Gasteiger partial charge in [-0.05, 0) is 31.5 Å². The van der Waals surface area contributed by atoms with Gasteiger partial charge in [0.1, 0.15) is 5.69 Å². The van der Waals surface area contributed by atoms with Crippen LogP contribution in [0.4, 0.5) is 0 Å². The molecule has 116 valence electrons. The Labute approximate surface area is 128 Å². The number of carbonyl (C=O) groups excluding carboxylic acids is 1. The number of H-pyrrole nitrogens is 1.